The molecule has 144 valence electrons. The zero-order valence-corrected chi connectivity index (χ0v) is 15.0. The van der Waals surface area contributed by atoms with E-state index in [0.29, 0.717) is 31.9 Å². The molecule has 0 aromatic heterocycles. The van der Waals surface area contributed by atoms with E-state index in [2.05, 4.69) is 5.32 Å². The van der Waals surface area contributed by atoms with Crippen LogP contribution < -0.4 is 15.8 Å². The Hall–Kier alpha value is -2.39. The quantitative estimate of drug-likeness (QED) is 0.675. The first-order valence-electron chi connectivity index (χ1n) is 7.90. The molecule has 1 aliphatic rings. The monoisotopic (exact) mass is 388 g/mol. The molecule has 1 saturated heterocycles. The van der Waals surface area contributed by atoms with Crippen LogP contribution >= 0.6 is 12.4 Å². The van der Waals surface area contributed by atoms with Crippen LogP contribution in [0.5, 0.6) is 5.75 Å². The Morgan fingerprint density at radius 1 is 1.04 bits per heavy atom. The molecule has 10 heteroatoms. The predicted octanol–water partition coefficient (Wildman–Crippen LogP) is -0.628. The number of ether oxygens (including phenoxy) is 1. The van der Waals surface area contributed by atoms with Gasteiger partial charge >= 0.3 is 0 Å². The van der Waals surface area contributed by atoms with Gasteiger partial charge in [0.1, 0.15) is 11.6 Å². The highest BCUT2D eigenvalue weighted by Gasteiger charge is 2.24. The summed E-state index contributed by atoms with van der Waals surface area (Å²) in [6.45, 7) is 1.15. The Balaban J connectivity index is 0.00000338. The Morgan fingerprint density at radius 2 is 1.58 bits per heavy atom. The summed E-state index contributed by atoms with van der Waals surface area (Å²) in [6.07, 6.45) is 0. The number of rotatable bonds is 6. The topological polar surface area (TPSA) is 105 Å². The Kier molecular flexibility index (Phi) is 8.80. The molecule has 0 unspecified atom stereocenters. The summed E-state index contributed by atoms with van der Waals surface area (Å²) >= 11 is 0. The van der Waals surface area contributed by atoms with E-state index in [-0.39, 0.29) is 55.6 Å². The first-order valence-corrected chi connectivity index (χ1v) is 7.90. The van der Waals surface area contributed by atoms with Crippen molar-refractivity contribution in [2.45, 2.75) is 0 Å². The summed E-state index contributed by atoms with van der Waals surface area (Å²) in [5.74, 6) is -0.759. The molecule has 0 atom stereocenters. The highest BCUT2D eigenvalue weighted by Crippen LogP contribution is 2.11. The number of nitrogens with zero attached hydrogens (tertiary/aromatic N) is 2. The van der Waals surface area contributed by atoms with Crippen LogP contribution in [0.2, 0.25) is 0 Å². The number of piperazine rings is 1. The molecule has 3 amide bonds. The second-order valence-electron chi connectivity index (χ2n) is 5.49. The minimum atomic E-state index is -0.389. The molecule has 1 fully saturated rings. The van der Waals surface area contributed by atoms with Crippen LogP contribution in [0.25, 0.3) is 0 Å². The number of carbonyl (C=O) groups excluding carboxylic acids is 3. The molecule has 1 aromatic carbocycles. The molecule has 0 radical (unpaired) electrons. The van der Waals surface area contributed by atoms with Crippen LogP contribution in [0.1, 0.15) is 0 Å². The average Bonchev–Trinajstić information content (AvgIpc) is 2.65. The summed E-state index contributed by atoms with van der Waals surface area (Å²) in [5.41, 5.74) is 5.15. The first-order chi connectivity index (χ1) is 12.0. The molecule has 1 aliphatic heterocycles. The van der Waals surface area contributed by atoms with E-state index in [9.17, 15) is 18.8 Å². The van der Waals surface area contributed by atoms with E-state index >= 15 is 0 Å². The van der Waals surface area contributed by atoms with Gasteiger partial charge in [-0.15, -0.1) is 12.4 Å². The largest absolute Gasteiger partial charge is 0.484 e. The number of nitrogens with one attached hydrogen (secondary N) is 1. The van der Waals surface area contributed by atoms with Gasteiger partial charge in [0.05, 0.1) is 13.1 Å². The fourth-order valence-electron chi connectivity index (χ4n) is 2.33. The van der Waals surface area contributed by atoms with Gasteiger partial charge in [0.15, 0.2) is 6.61 Å². The smallest absolute Gasteiger partial charge is 0.260 e. The third kappa shape index (κ3) is 6.49. The van der Waals surface area contributed by atoms with Gasteiger partial charge in [-0.3, -0.25) is 14.4 Å². The number of nitrogens with two attached hydrogens (primary N) is 1. The minimum Gasteiger partial charge on any atom is -0.484 e. The Labute approximate surface area is 156 Å². The normalized spacial score (nSPS) is 13.6. The SMILES string of the molecule is Cl.NCC(=O)NCC(=O)N1CCN(C(=O)COc2ccc(F)cc2)CC1. The van der Waals surface area contributed by atoms with Crippen molar-refractivity contribution in [3.8, 4) is 5.75 Å². The van der Waals surface area contributed by atoms with Gasteiger partial charge in [-0.2, -0.15) is 0 Å². The van der Waals surface area contributed by atoms with Crippen LogP contribution in [-0.2, 0) is 14.4 Å². The van der Waals surface area contributed by atoms with Crippen molar-refractivity contribution >= 4 is 30.1 Å². The van der Waals surface area contributed by atoms with Crippen LogP contribution in [0.4, 0.5) is 4.39 Å². The number of hydrogen-bond acceptors (Lipinski definition) is 5. The maximum absolute atomic E-state index is 12.8. The van der Waals surface area contributed by atoms with Crippen molar-refractivity contribution in [1.29, 1.82) is 0 Å². The van der Waals surface area contributed by atoms with Crippen LogP contribution in [0.3, 0.4) is 0 Å². The molecule has 0 saturated carbocycles. The molecule has 1 aromatic rings. The molecule has 0 bridgehead atoms. The van der Waals surface area contributed by atoms with E-state index in [1.165, 1.54) is 24.3 Å². The van der Waals surface area contributed by atoms with Crippen molar-refractivity contribution in [1.82, 2.24) is 15.1 Å². The lowest BCUT2D eigenvalue weighted by Gasteiger charge is -2.34. The second kappa shape index (κ2) is 10.6. The van der Waals surface area contributed by atoms with Gasteiger partial charge in [-0.05, 0) is 24.3 Å². The van der Waals surface area contributed by atoms with Gasteiger partial charge in [-0.1, -0.05) is 0 Å². The molecule has 0 spiro atoms. The zero-order valence-electron chi connectivity index (χ0n) is 14.2. The Bertz CT molecular complexity index is 621. The van der Waals surface area contributed by atoms with Crippen molar-refractivity contribution in [3.63, 3.8) is 0 Å². The van der Waals surface area contributed by atoms with E-state index in [4.69, 9.17) is 10.5 Å². The summed E-state index contributed by atoms with van der Waals surface area (Å²) in [5, 5.41) is 2.42. The van der Waals surface area contributed by atoms with E-state index in [1.807, 2.05) is 0 Å². The molecular weight excluding hydrogens is 367 g/mol. The third-order valence-corrected chi connectivity index (χ3v) is 3.78. The minimum absolute atomic E-state index is 0. The lowest BCUT2D eigenvalue weighted by Crippen LogP contribution is -2.53. The maximum atomic E-state index is 12.8. The van der Waals surface area contributed by atoms with E-state index < -0.39 is 0 Å². The van der Waals surface area contributed by atoms with Gasteiger partial charge in [-0.25, -0.2) is 4.39 Å². The van der Waals surface area contributed by atoms with Crippen LogP contribution in [-0.4, -0.2) is 73.4 Å². The second-order valence-corrected chi connectivity index (χ2v) is 5.49. The zero-order chi connectivity index (χ0) is 18.2. The van der Waals surface area contributed by atoms with Crippen molar-refractivity contribution in [2.24, 2.45) is 5.73 Å². The molecule has 8 nitrogen and oxygen atoms in total. The van der Waals surface area contributed by atoms with Gasteiger partial charge < -0.3 is 25.6 Å². The van der Waals surface area contributed by atoms with E-state index in [1.54, 1.807) is 9.80 Å². The number of hydrogen-bond donors (Lipinski definition) is 2. The summed E-state index contributed by atoms with van der Waals surface area (Å²) in [7, 11) is 0. The summed E-state index contributed by atoms with van der Waals surface area (Å²) in [6, 6.07) is 5.42. The van der Waals surface area contributed by atoms with Crippen LogP contribution in [0, 0.1) is 5.82 Å². The summed E-state index contributed by atoms with van der Waals surface area (Å²) in [4.78, 5) is 38.3. The van der Waals surface area contributed by atoms with Crippen molar-refractivity contribution in [3.05, 3.63) is 30.1 Å². The van der Waals surface area contributed by atoms with Crippen LogP contribution in [0.15, 0.2) is 24.3 Å². The average molecular weight is 389 g/mol. The van der Waals surface area contributed by atoms with E-state index in [0.717, 1.165) is 0 Å². The predicted molar refractivity (Wildman–Crippen MR) is 94.4 cm³/mol. The highest BCUT2D eigenvalue weighted by atomic mass is 35.5. The number of carbonyl (C=O) groups is 3. The number of benzene rings is 1. The summed E-state index contributed by atoms with van der Waals surface area (Å²) < 4.78 is 18.1. The van der Waals surface area contributed by atoms with Crippen molar-refractivity contribution < 1.29 is 23.5 Å². The van der Waals surface area contributed by atoms with Gasteiger partial charge in [0.25, 0.3) is 5.91 Å². The standard InChI is InChI=1S/C16H21FN4O4.ClH/c17-12-1-3-13(4-2-12)25-11-16(24)21-7-5-20(6-8-21)15(23)10-19-14(22)9-18;/h1-4H,5-11,18H2,(H,19,22);1H. The Morgan fingerprint density at radius 3 is 2.12 bits per heavy atom. The fraction of sp³-hybridized carbons (Fsp3) is 0.438. The lowest BCUT2D eigenvalue weighted by molar-refractivity contribution is -0.140. The molecule has 26 heavy (non-hydrogen) atoms. The number of halogens is 2. The lowest BCUT2D eigenvalue weighted by atomic mass is 10.3. The third-order valence-electron chi connectivity index (χ3n) is 3.78. The highest BCUT2D eigenvalue weighted by molar-refractivity contribution is 5.86. The van der Waals surface area contributed by atoms with Gasteiger partial charge in [0, 0.05) is 26.2 Å². The van der Waals surface area contributed by atoms with Crippen molar-refractivity contribution in [2.75, 3.05) is 45.9 Å². The fourth-order valence-corrected chi connectivity index (χ4v) is 2.33. The molecule has 0 aliphatic carbocycles. The molecule has 3 N–H and O–H groups in total. The first kappa shape index (κ1) is 21.7. The molecular formula is C16H22ClFN4O4. The maximum Gasteiger partial charge on any atom is 0.260 e. The molecule has 2 rings (SSSR count). The molecule has 1 heterocycles. The number of amides is 3. The van der Waals surface area contributed by atoms with Gasteiger partial charge in [0.2, 0.25) is 11.8 Å².